The van der Waals surface area contributed by atoms with Gasteiger partial charge in [0.15, 0.2) is 11.5 Å². The van der Waals surface area contributed by atoms with Crippen molar-refractivity contribution in [2.24, 2.45) is 0 Å². The van der Waals surface area contributed by atoms with Gasteiger partial charge in [-0.2, -0.15) is 0 Å². The van der Waals surface area contributed by atoms with Gasteiger partial charge in [-0.15, -0.1) is 0 Å². The fourth-order valence-corrected chi connectivity index (χ4v) is 5.18. The van der Waals surface area contributed by atoms with Gasteiger partial charge < -0.3 is 18.8 Å². The molecule has 1 aromatic heterocycles. The molecule has 0 radical (unpaired) electrons. The van der Waals surface area contributed by atoms with Crippen LogP contribution in [-0.4, -0.2) is 34.3 Å². The Morgan fingerprint density at radius 2 is 1.47 bits per heavy atom. The van der Waals surface area contributed by atoms with Gasteiger partial charge in [0.25, 0.3) is 0 Å². The molecular formula is C25H22ClNO6S. The average Bonchev–Trinajstić information content (AvgIpc) is 2.86. The predicted molar refractivity (Wildman–Crippen MR) is 130 cm³/mol. The Morgan fingerprint density at radius 3 is 2.06 bits per heavy atom. The molecular weight excluding hydrogens is 478 g/mol. The number of ether oxygens (including phenoxy) is 3. The van der Waals surface area contributed by atoms with E-state index in [1.54, 1.807) is 22.8 Å². The second kappa shape index (κ2) is 9.40. The van der Waals surface area contributed by atoms with E-state index in [0.29, 0.717) is 34.3 Å². The van der Waals surface area contributed by atoms with Crippen molar-refractivity contribution in [3.63, 3.8) is 0 Å². The zero-order valence-electron chi connectivity index (χ0n) is 18.7. The van der Waals surface area contributed by atoms with Crippen LogP contribution in [-0.2, 0) is 16.4 Å². The quantitative estimate of drug-likeness (QED) is 0.370. The van der Waals surface area contributed by atoms with Crippen LogP contribution in [0, 0.1) is 0 Å². The van der Waals surface area contributed by atoms with E-state index in [9.17, 15) is 13.2 Å². The van der Waals surface area contributed by atoms with E-state index >= 15 is 0 Å². The molecule has 0 amide bonds. The molecule has 34 heavy (non-hydrogen) atoms. The molecule has 0 saturated heterocycles. The lowest BCUT2D eigenvalue weighted by Crippen LogP contribution is -2.20. The number of rotatable bonds is 7. The van der Waals surface area contributed by atoms with E-state index in [1.807, 2.05) is 12.1 Å². The van der Waals surface area contributed by atoms with Crippen molar-refractivity contribution in [3.05, 3.63) is 87.7 Å². The highest BCUT2D eigenvalue weighted by molar-refractivity contribution is 7.91. The summed E-state index contributed by atoms with van der Waals surface area (Å²) in [5, 5.41) is 0.781. The van der Waals surface area contributed by atoms with Gasteiger partial charge in [-0.3, -0.25) is 4.79 Å². The Kier molecular flexibility index (Phi) is 6.54. The van der Waals surface area contributed by atoms with E-state index in [4.69, 9.17) is 25.8 Å². The highest BCUT2D eigenvalue weighted by atomic mass is 35.5. The van der Waals surface area contributed by atoms with Crippen molar-refractivity contribution in [2.45, 2.75) is 16.3 Å². The summed E-state index contributed by atoms with van der Waals surface area (Å²) < 4.78 is 44.6. The fourth-order valence-electron chi connectivity index (χ4n) is 3.68. The standard InChI is InChI=1S/C25H22ClNO6S/c1-31-18-8-10-19(11-9-18)34(29,30)24-15-27(14-16-4-6-17(26)7-5-16)21-13-23(33-3)22(32-2)12-20(21)25(24)28/h4-13,15H,14H2,1-3H3. The van der Waals surface area contributed by atoms with Gasteiger partial charge in [0.1, 0.15) is 10.6 Å². The molecule has 0 saturated carbocycles. The van der Waals surface area contributed by atoms with Crippen molar-refractivity contribution in [1.29, 1.82) is 0 Å². The molecule has 0 atom stereocenters. The SMILES string of the molecule is COc1ccc(S(=O)(=O)c2cn(Cc3ccc(Cl)cc3)c3cc(OC)c(OC)cc3c2=O)cc1. The van der Waals surface area contributed by atoms with Crippen LogP contribution in [0.15, 0.2) is 81.4 Å². The van der Waals surface area contributed by atoms with E-state index < -0.39 is 15.3 Å². The first-order valence-electron chi connectivity index (χ1n) is 10.2. The second-order valence-corrected chi connectivity index (χ2v) is 9.83. The third-order valence-corrected chi connectivity index (χ3v) is 7.49. The molecule has 0 aliphatic carbocycles. The summed E-state index contributed by atoms with van der Waals surface area (Å²) >= 11 is 6.01. The Morgan fingerprint density at radius 1 is 0.853 bits per heavy atom. The first kappa shape index (κ1) is 23.7. The molecule has 4 aromatic rings. The van der Waals surface area contributed by atoms with Crippen LogP contribution in [0.1, 0.15) is 5.56 Å². The van der Waals surface area contributed by atoms with Gasteiger partial charge in [0.2, 0.25) is 15.3 Å². The van der Waals surface area contributed by atoms with Gasteiger partial charge in [-0.1, -0.05) is 23.7 Å². The van der Waals surface area contributed by atoms with Crippen LogP contribution < -0.4 is 19.6 Å². The summed E-state index contributed by atoms with van der Waals surface area (Å²) in [5.74, 6) is 1.25. The number of methoxy groups -OCH3 is 3. The molecule has 9 heteroatoms. The van der Waals surface area contributed by atoms with Crippen LogP contribution in [0.5, 0.6) is 17.2 Å². The molecule has 4 rings (SSSR count). The fraction of sp³-hybridized carbons (Fsp3) is 0.160. The van der Waals surface area contributed by atoms with Crippen LogP contribution in [0.4, 0.5) is 0 Å². The smallest absolute Gasteiger partial charge is 0.211 e. The monoisotopic (exact) mass is 499 g/mol. The molecule has 1 heterocycles. The summed E-state index contributed by atoms with van der Waals surface area (Å²) in [6.07, 6.45) is 1.37. The summed E-state index contributed by atoms with van der Waals surface area (Å²) in [4.78, 5) is 13.1. The lowest BCUT2D eigenvalue weighted by atomic mass is 10.1. The Hall–Kier alpha value is -3.49. The maximum Gasteiger partial charge on any atom is 0.211 e. The van der Waals surface area contributed by atoms with Crippen molar-refractivity contribution >= 4 is 32.3 Å². The molecule has 0 aliphatic rings. The molecule has 176 valence electrons. The number of nitrogens with zero attached hydrogens (tertiary/aromatic N) is 1. The Bertz CT molecular complexity index is 1510. The number of sulfone groups is 1. The molecule has 0 unspecified atom stereocenters. The third-order valence-electron chi connectivity index (χ3n) is 5.48. The zero-order valence-corrected chi connectivity index (χ0v) is 20.3. The maximum absolute atomic E-state index is 13.5. The molecule has 3 aromatic carbocycles. The topological polar surface area (TPSA) is 83.8 Å². The molecule has 0 bridgehead atoms. The number of pyridine rings is 1. The Labute approximate surface area is 202 Å². The number of fused-ring (bicyclic) bond motifs is 1. The van der Waals surface area contributed by atoms with Crippen molar-refractivity contribution in [2.75, 3.05) is 21.3 Å². The first-order valence-corrected chi connectivity index (χ1v) is 12.1. The first-order chi connectivity index (χ1) is 16.3. The molecule has 0 fully saturated rings. The second-order valence-electron chi connectivity index (χ2n) is 7.48. The van der Waals surface area contributed by atoms with Crippen LogP contribution in [0.3, 0.4) is 0 Å². The summed E-state index contributed by atoms with van der Waals surface area (Å²) in [6.45, 7) is 0.300. The zero-order chi connectivity index (χ0) is 24.5. The maximum atomic E-state index is 13.5. The molecule has 0 aliphatic heterocycles. The normalized spacial score (nSPS) is 11.4. The number of hydrogen-bond acceptors (Lipinski definition) is 6. The van der Waals surface area contributed by atoms with Crippen molar-refractivity contribution < 1.29 is 22.6 Å². The number of hydrogen-bond donors (Lipinski definition) is 0. The van der Waals surface area contributed by atoms with Gasteiger partial charge in [-0.25, -0.2) is 8.42 Å². The van der Waals surface area contributed by atoms with Gasteiger partial charge in [-0.05, 0) is 48.0 Å². The summed E-state index contributed by atoms with van der Waals surface area (Å²) in [7, 11) is 0.311. The van der Waals surface area contributed by atoms with Crippen LogP contribution in [0.25, 0.3) is 10.9 Å². The van der Waals surface area contributed by atoms with Gasteiger partial charge in [0, 0.05) is 23.8 Å². The minimum Gasteiger partial charge on any atom is -0.497 e. The Balaban J connectivity index is 1.98. The molecule has 7 nitrogen and oxygen atoms in total. The molecule has 0 spiro atoms. The lowest BCUT2D eigenvalue weighted by Gasteiger charge is -2.16. The number of benzene rings is 3. The summed E-state index contributed by atoms with van der Waals surface area (Å²) in [6, 6.07) is 16.2. The lowest BCUT2D eigenvalue weighted by molar-refractivity contribution is 0.355. The van der Waals surface area contributed by atoms with E-state index in [2.05, 4.69) is 0 Å². The van der Waals surface area contributed by atoms with Gasteiger partial charge >= 0.3 is 0 Å². The minimum absolute atomic E-state index is 0.0109. The van der Waals surface area contributed by atoms with E-state index in [-0.39, 0.29) is 15.2 Å². The minimum atomic E-state index is -4.12. The molecule has 0 N–H and O–H groups in total. The third kappa shape index (κ3) is 4.34. The largest absolute Gasteiger partial charge is 0.497 e. The van der Waals surface area contributed by atoms with Crippen LogP contribution >= 0.6 is 11.6 Å². The van der Waals surface area contributed by atoms with E-state index in [1.165, 1.54) is 57.9 Å². The van der Waals surface area contributed by atoms with Crippen molar-refractivity contribution in [1.82, 2.24) is 4.57 Å². The number of halogens is 1. The average molecular weight is 500 g/mol. The number of aromatic nitrogens is 1. The van der Waals surface area contributed by atoms with Gasteiger partial charge in [0.05, 0.1) is 37.1 Å². The highest BCUT2D eigenvalue weighted by Crippen LogP contribution is 2.32. The van der Waals surface area contributed by atoms with Crippen LogP contribution in [0.2, 0.25) is 5.02 Å². The predicted octanol–water partition coefficient (Wildman–Crippen LogP) is 4.56. The highest BCUT2D eigenvalue weighted by Gasteiger charge is 2.25. The van der Waals surface area contributed by atoms with Crippen molar-refractivity contribution in [3.8, 4) is 17.2 Å². The van der Waals surface area contributed by atoms with E-state index in [0.717, 1.165) is 5.56 Å². The summed E-state index contributed by atoms with van der Waals surface area (Å²) in [5.41, 5.74) is 0.752.